The summed E-state index contributed by atoms with van der Waals surface area (Å²) in [5.74, 6) is 0.839. The molecule has 0 bridgehead atoms. The van der Waals surface area contributed by atoms with Crippen LogP contribution in [0.3, 0.4) is 0 Å². The topological polar surface area (TPSA) is 25.5 Å². The Morgan fingerprint density at radius 3 is 2.67 bits per heavy atom. The molecule has 2 rings (SSSR count). The van der Waals surface area contributed by atoms with E-state index in [1.165, 1.54) is 0 Å². The molecule has 0 spiro atoms. The molecule has 0 radical (unpaired) electrons. The van der Waals surface area contributed by atoms with Crippen LogP contribution in [0.25, 0.3) is 5.57 Å². The van der Waals surface area contributed by atoms with Gasteiger partial charge in [0.25, 0.3) is 0 Å². The largest absolute Gasteiger partial charge is 0.464 e. The molecule has 0 aliphatic heterocycles. The SMILES string of the molecule is C=CCN=CC=C(c1ccccc1)c1ccco1. The van der Waals surface area contributed by atoms with Crippen LogP contribution < -0.4 is 0 Å². The normalized spacial score (nSPS) is 11.9. The van der Waals surface area contributed by atoms with E-state index in [2.05, 4.69) is 23.7 Å². The van der Waals surface area contributed by atoms with Crippen molar-refractivity contribution in [1.82, 2.24) is 0 Å². The van der Waals surface area contributed by atoms with E-state index < -0.39 is 0 Å². The third kappa shape index (κ3) is 3.08. The fraction of sp³-hybridized carbons (Fsp3) is 0.0625. The lowest BCUT2D eigenvalue weighted by atomic mass is 10.0. The maximum Gasteiger partial charge on any atom is 0.134 e. The second-order valence-corrected chi connectivity index (χ2v) is 3.73. The van der Waals surface area contributed by atoms with Gasteiger partial charge in [-0.1, -0.05) is 36.4 Å². The molecule has 18 heavy (non-hydrogen) atoms. The maximum atomic E-state index is 5.46. The zero-order valence-corrected chi connectivity index (χ0v) is 10.1. The molecule has 0 saturated heterocycles. The number of furan rings is 1. The predicted octanol–water partition coefficient (Wildman–Crippen LogP) is 3.97. The Morgan fingerprint density at radius 1 is 1.17 bits per heavy atom. The van der Waals surface area contributed by atoms with Crippen LogP contribution in [0, 0.1) is 0 Å². The van der Waals surface area contributed by atoms with Crippen LogP contribution in [0.15, 0.2) is 76.9 Å². The molecule has 2 aromatic rings. The number of allylic oxidation sites excluding steroid dienone is 1. The van der Waals surface area contributed by atoms with Crippen molar-refractivity contribution >= 4 is 11.8 Å². The van der Waals surface area contributed by atoms with Gasteiger partial charge < -0.3 is 4.42 Å². The summed E-state index contributed by atoms with van der Waals surface area (Å²) in [6.45, 7) is 4.25. The van der Waals surface area contributed by atoms with E-state index in [0.29, 0.717) is 6.54 Å². The number of aliphatic imine (C=N–C) groups is 1. The van der Waals surface area contributed by atoms with Crippen molar-refractivity contribution in [3.05, 3.63) is 78.8 Å². The van der Waals surface area contributed by atoms with E-state index >= 15 is 0 Å². The van der Waals surface area contributed by atoms with Gasteiger partial charge in [0.1, 0.15) is 5.76 Å². The van der Waals surface area contributed by atoms with Gasteiger partial charge >= 0.3 is 0 Å². The van der Waals surface area contributed by atoms with E-state index in [-0.39, 0.29) is 0 Å². The second kappa shape index (κ2) is 6.40. The summed E-state index contributed by atoms with van der Waals surface area (Å²) < 4.78 is 5.46. The molecule has 1 heterocycles. The average Bonchev–Trinajstić information content (AvgIpc) is 2.94. The first kappa shape index (κ1) is 12.1. The minimum absolute atomic E-state index is 0.622. The summed E-state index contributed by atoms with van der Waals surface area (Å²) in [7, 11) is 0. The highest BCUT2D eigenvalue weighted by Crippen LogP contribution is 2.22. The lowest BCUT2D eigenvalue weighted by molar-refractivity contribution is 0.554. The van der Waals surface area contributed by atoms with Crippen molar-refractivity contribution in [3.8, 4) is 0 Å². The Hall–Kier alpha value is -2.35. The Kier molecular flexibility index (Phi) is 4.31. The molecule has 0 fully saturated rings. The van der Waals surface area contributed by atoms with Gasteiger partial charge in [0.15, 0.2) is 0 Å². The number of benzene rings is 1. The van der Waals surface area contributed by atoms with E-state index in [4.69, 9.17) is 4.42 Å². The third-order valence-corrected chi connectivity index (χ3v) is 2.45. The first-order chi connectivity index (χ1) is 8.92. The highest BCUT2D eigenvalue weighted by Gasteiger charge is 2.05. The molecule has 0 aliphatic carbocycles. The minimum Gasteiger partial charge on any atom is -0.464 e. The zero-order chi connectivity index (χ0) is 12.6. The van der Waals surface area contributed by atoms with Gasteiger partial charge in [-0.3, -0.25) is 4.99 Å². The number of rotatable bonds is 5. The number of nitrogens with zero attached hydrogens (tertiary/aromatic N) is 1. The molecule has 0 amide bonds. The van der Waals surface area contributed by atoms with Gasteiger partial charge in [0.2, 0.25) is 0 Å². The standard InChI is InChI=1S/C16H15NO/c1-2-11-17-12-10-15(16-9-6-13-18-16)14-7-4-3-5-8-14/h2-10,12-13H,1,11H2. The first-order valence-electron chi connectivity index (χ1n) is 5.82. The minimum atomic E-state index is 0.622. The smallest absolute Gasteiger partial charge is 0.134 e. The lowest BCUT2D eigenvalue weighted by Crippen LogP contribution is -1.86. The van der Waals surface area contributed by atoms with Crippen molar-refractivity contribution in [3.63, 3.8) is 0 Å². The molecule has 2 heteroatoms. The Balaban J connectivity index is 2.33. The molecule has 90 valence electrons. The summed E-state index contributed by atoms with van der Waals surface area (Å²) in [6.07, 6.45) is 7.18. The molecular weight excluding hydrogens is 222 g/mol. The van der Waals surface area contributed by atoms with Crippen molar-refractivity contribution in [1.29, 1.82) is 0 Å². The summed E-state index contributed by atoms with van der Waals surface area (Å²) >= 11 is 0. The summed E-state index contributed by atoms with van der Waals surface area (Å²) in [4.78, 5) is 4.20. The zero-order valence-electron chi connectivity index (χ0n) is 10.1. The monoisotopic (exact) mass is 237 g/mol. The van der Waals surface area contributed by atoms with E-state index in [9.17, 15) is 0 Å². The molecule has 0 N–H and O–H groups in total. The fourth-order valence-corrected chi connectivity index (χ4v) is 1.63. The summed E-state index contributed by atoms with van der Waals surface area (Å²) in [5.41, 5.74) is 2.13. The van der Waals surface area contributed by atoms with Crippen molar-refractivity contribution in [2.45, 2.75) is 0 Å². The highest BCUT2D eigenvalue weighted by atomic mass is 16.3. The van der Waals surface area contributed by atoms with Crippen molar-refractivity contribution < 1.29 is 4.42 Å². The Labute approximate surface area is 107 Å². The van der Waals surface area contributed by atoms with Crippen molar-refractivity contribution in [2.75, 3.05) is 6.54 Å². The molecule has 1 aromatic carbocycles. The van der Waals surface area contributed by atoms with E-state index in [0.717, 1.165) is 16.9 Å². The van der Waals surface area contributed by atoms with Gasteiger partial charge in [0.05, 0.1) is 12.8 Å². The van der Waals surface area contributed by atoms with Crippen LogP contribution in [0.5, 0.6) is 0 Å². The van der Waals surface area contributed by atoms with Gasteiger partial charge in [-0.15, -0.1) is 6.58 Å². The van der Waals surface area contributed by atoms with Crippen LogP contribution in [-0.2, 0) is 0 Å². The lowest BCUT2D eigenvalue weighted by Gasteiger charge is -2.03. The van der Waals surface area contributed by atoms with Crippen LogP contribution >= 0.6 is 0 Å². The maximum absolute atomic E-state index is 5.46. The average molecular weight is 237 g/mol. The van der Waals surface area contributed by atoms with Gasteiger partial charge in [0, 0.05) is 11.8 Å². The fourth-order valence-electron chi connectivity index (χ4n) is 1.63. The van der Waals surface area contributed by atoms with E-state index in [1.54, 1.807) is 18.6 Å². The molecule has 1 aromatic heterocycles. The predicted molar refractivity (Wildman–Crippen MR) is 75.8 cm³/mol. The molecule has 0 unspecified atom stereocenters. The van der Waals surface area contributed by atoms with Crippen LogP contribution in [0.1, 0.15) is 11.3 Å². The summed E-state index contributed by atoms with van der Waals surface area (Å²) in [6, 6.07) is 13.9. The highest BCUT2D eigenvalue weighted by molar-refractivity contribution is 5.90. The number of hydrogen-bond acceptors (Lipinski definition) is 2. The van der Waals surface area contributed by atoms with Crippen molar-refractivity contribution in [2.24, 2.45) is 4.99 Å². The van der Waals surface area contributed by atoms with Gasteiger partial charge in [-0.2, -0.15) is 0 Å². The van der Waals surface area contributed by atoms with E-state index in [1.807, 2.05) is 36.4 Å². The first-order valence-corrected chi connectivity index (χ1v) is 5.82. The quantitative estimate of drug-likeness (QED) is 0.570. The second-order valence-electron chi connectivity index (χ2n) is 3.73. The molecule has 0 aliphatic rings. The third-order valence-electron chi connectivity index (χ3n) is 2.45. The molecule has 0 atom stereocenters. The molecular formula is C16H15NO. The van der Waals surface area contributed by atoms with Gasteiger partial charge in [-0.25, -0.2) is 0 Å². The number of hydrogen-bond donors (Lipinski definition) is 0. The Bertz CT molecular complexity index is 536. The molecule has 2 nitrogen and oxygen atoms in total. The van der Waals surface area contributed by atoms with Gasteiger partial charge in [-0.05, 0) is 23.8 Å². The van der Waals surface area contributed by atoms with Crippen LogP contribution in [0.4, 0.5) is 0 Å². The van der Waals surface area contributed by atoms with Crippen LogP contribution in [-0.4, -0.2) is 12.8 Å². The van der Waals surface area contributed by atoms with Crippen LogP contribution in [0.2, 0.25) is 0 Å². The Morgan fingerprint density at radius 2 is 2.00 bits per heavy atom. The summed E-state index contributed by atoms with van der Waals surface area (Å²) in [5, 5.41) is 0. The molecule has 0 saturated carbocycles.